The zero-order valence-electron chi connectivity index (χ0n) is 26.4. The molecule has 0 N–H and O–H groups in total. The van der Waals surface area contributed by atoms with Crippen LogP contribution in [-0.4, -0.2) is 46.8 Å². The third-order valence-electron chi connectivity index (χ3n) is 7.84. The summed E-state index contributed by atoms with van der Waals surface area (Å²) in [7, 11) is -6.91. The summed E-state index contributed by atoms with van der Waals surface area (Å²) in [6.07, 6.45) is -0.774. The molecule has 0 fully saturated rings. The van der Waals surface area contributed by atoms with Gasteiger partial charge in [-0.25, -0.2) is 4.79 Å². The number of carbonyl (C=O) groups excluding carboxylic acids is 1. The Kier molecular flexibility index (Phi) is 11.6. The van der Waals surface area contributed by atoms with Gasteiger partial charge in [-0.3, -0.25) is 4.18 Å². The van der Waals surface area contributed by atoms with Gasteiger partial charge < -0.3 is 9.16 Å². The minimum absolute atomic E-state index is 0.0727. The first kappa shape index (κ1) is 34.8. The van der Waals surface area contributed by atoms with Gasteiger partial charge >= 0.3 is 5.97 Å². The predicted molar refractivity (Wildman–Crippen MR) is 185 cm³/mol. The molecule has 0 amide bonds. The number of alkyl halides is 1. The highest BCUT2D eigenvalue weighted by atomic mass is 79.9. The second-order valence-electron chi connectivity index (χ2n) is 12.3. The molecule has 0 bridgehead atoms. The van der Waals surface area contributed by atoms with E-state index in [0.717, 1.165) is 15.9 Å². The van der Waals surface area contributed by atoms with Crippen molar-refractivity contribution in [1.29, 1.82) is 0 Å². The van der Waals surface area contributed by atoms with Crippen molar-refractivity contribution in [2.75, 3.05) is 13.2 Å². The maximum absolute atomic E-state index is 13.3. The molecule has 4 aromatic rings. The lowest BCUT2D eigenvalue weighted by Gasteiger charge is -2.44. The van der Waals surface area contributed by atoms with Gasteiger partial charge in [-0.05, 0) is 46.6 Å². The fourth-order valence-electron chi connectivity index (χ4n) is 5.44. The van der Waals surface area contributed by atoms with E-state index in [4.69, 9.17) is 13.3 Å². The smallest absolute Gasteiger partial charge is 0.338 e. The van der Waals surface area contributed by atoms with Gasteiger partial charge in [-0.15, -0.1) is 0 Å². The third kappa shape index (κ3) is 8.40. The molecule has 0 unspecified atom stereocenters. The van der Waals surface area contributed by atoms with Crippen LogP contribution in [0, 0.1) is 12.8 Å². The summed E-state index contributed by atoms with van der Waals surface area (Å²) in [6, 6.07) is 35.8. The molecular weight excluding hydrogens is 668 g/mol. The van der Waals surface area contributed by atoms with E-state index in [1.807, 2.05) is 56.3 Å². The highest BCUT2D eigenvalue weighted by Gasteiger charge is 2.50. The maximum atomic E-state index is 13.3. The van der Waals surface area contributed by atoms with Crippen molar-refractivity contribution in [3.8, 4) is 0 Å². The van der Waals surface area contributed by atoms with Crippen molar-refractivity contribution in [3.63, 3.8) is 0 Å². The SMILES string of the molecule is Cc1ccc(S(=O)(=O)OC[C@@H](C)[C@@H](OC(=O)c2ccccc2)[C@H](Br)CO[Si](c2ccccc2)(c2ccccc2)C(C)(C)C)cc1. The molecule has 0 aliphatic rings. The van der Waals surface area contributed by atoms with E-state index < -0.39 is 41.3 Å². The Morgan fingerprint density at radius 3 is 1.76 bits per heavy atom. The molecule has 0 heterocycles. The molecule has 0 aromatic heterocycles. The molecule has 0 saturated heterocycles. The van der Waals surface area contributed by atoms with Crippen LogP contribution in [0.5, 0.6) is 0 Å². The minimum atomic E-state index is -4.02. The van der Waals surface area contributed by atoms with Crippen LogP contribution in [0.1, 0.15) is 43.6 Å². The van der Waals surface area contributed by atoms with Gasteiger partial charge in [0.25, 0.3) is 18.4 Å². The highest BCUT2D eigenvalue weighted by Crippen LogP contribution is 2.37. The molecule has 0 spiro atoms. The van der Waals surface area contributed by atoms with Crippen molar-refractivity contribution in [3.05, 3.63) is 126 Å². The van der Waals surface area contributed by atoms with Crippen LogP contribution in [0.2, 0.25) is 5.04 Å². The number of carbonyl (C=O) groups is 1. The number of hydrogen-bond donors (Lipinski definition) is 0. The van der Waals surface area contributed by atoms with E-state index in [-0.39, 0.29) is 23.1 Å². The number of hydrogen-bond acceptors (Lipinski definition) is 6. The second-order valence-corrected chi connectivity index (χ2v) is 19.4. The molecule has 4 rings (SSSR count). The normalized spacial score (nSPS) is 14.4. The largest absolute Gasteiger partial charge is 0.457 e. The van der Waals surface area contributed by atoms with E-state index in [1.54, 1.807) is 36.4 Å². The lowest BCUT2D eigenvalue weighted by Crippen LogP contribution is -2.67. The summed E-state index contributed by atoms with van der Waals surface area (Å²) in [5.41, 5.74) is 1.34. The molecule has 3 atom stereocenters. The summed E-state index contributed by atoms with van der Waals surface area (Å²) in [5.74, 6) is -1.02. The van der Waals surface area contributed by atoms with E-state index in [2.05, 4.69) is 61.0 Å². The standard InChI is InChI=1S/C36H41BrO6SSi/c1-27-21-23-30(24-22-27)44(39,40)41-25-28(2)34(43-35(38)29-15-9-6-10-16-29)33(37)26-42-45(36(3,4)5,31-17-11-7-12-18-31)32-19-13-8-14-20-32/h6-24,28,33-34H,25-26H2,1-5H3/t28-,33-,34-/m1/s1. The fourth-order valence-corrected chi connectivity index (χ4v) is 12.0. The molecule has 238 valence electrons. The van der Waals surface area contributed by atoms with Gasteiger partial charge in [0, 0.05) is 5.92 Å². The Morgan fingerprint density at radius 2 is 1.27 bits per heavy atom. The first-order valence-corrected chi connectivity index (χ1v) is 19.2. The first-order valence-electron chi connectivity index (χ1n) is 15.0. The van der Waals surface area contributed by atoms with E-state index in [1.165, 1.54) is 12.1 Å². The molecule has 0 saturated carbocycles. The summed E-state index contributed by atoms with van der Waals surface area (Å²) in [4.78, 5) is 12.9. The highest BCUT2D eigenvalue weighted by molar-refractivity contribution is 9.09. The Labute approximate surface area is 277 Å². The first-order chi connectivity index (χ1) is 21.3. The van der Waals surface area contributed by atoms with E-state index in [0.29, 0.717) is 5.56 Å². The van der Waals surface area contributed by atoms with Gasteiger partial charge in [0.05, 0.1) is 28.5 Å². The lowest BCUT2D eigenvalue weighted by atomic mass is 10.0. The van der Waals surface area contributed by atoms with Crippen LogP contribution in [0.25, 0.3) is 0 Å². The van der Waals surface area contributed by atoms with Crippen LogP contribution >= 0.6 is 15.9 Å². The Hall–Kier alpha value is -3.08. The van der Waals surface area contributed by atoms with Crippen LogP contribution in [0.15, 0.2) is 120 Å². The van der Waals surface area contributed by atoms with Gasteiger partial charge in [-0.1, -0.05) is 140 Å². The van der Waals surface area contributed by atoms with Crippen molar-refractivity contribution >= 4 is 50.7 Å². The number of ether oxygens (including phenoxy) is 1. The van der Waals surface area contributed by atoms with Crippen LogP contribution in [0.4, 0.5) is 0 Å². The van der Waals surface area contributed by atoms with Crippen LogP contribution in [0.3, 0.4) is 0 Å². The molecule has 6 nitrogen and oxygen atoms in total. The molecule has 0 radical (unpaired) electrons. The number of rotatable bonds is 13. The van der Waals surface area contributed by atoms with E-state index in [9.17, 15) is 13.2 Å². The second kappa shape index (κ2) is 15.0. The van der Waals surface area contributed by atoms with Crippen molar-refractivity contribution in [2.45, 2.75) is 55.5 Å². The third-order valence-corrected chi connectivity index (χ3v) is 14.9. The topological polar surface area (TPSA) is 78.9 Å². The number of esters is 1. The average Bonchev–Trinajstić information content (AvgIpc) is 3.03. The van der Waals surface area contributed by atoms with E-state index >= 15 is 0 Å². The maximum Gasteiger partial charge on any atom is 0.338 e. The molecule has 45 heavy (non-hydrogen) atoms. The lowest BCUT2D eigenvalue weighted by molar-refractivity contribution is 0.00582. The Bertz CT molecular complexity index is 1590. The van der Waals surface area contributed by atoms with Gasteiger partial charge in [0.2, 0.25) is 0 Å². The molecule has 0 aliphatic heterocycles. The molecule has 0 aliphatic carbocycles. The quantitative estimate of drug-likeness (QED) is 0.0651. The Morgan fingerprint density at radius 1 is 0.778 bits per heavy atom. The van der Waals surface area contributed by atoms with Crippen molar-refractivity contribution in [1.82, 2.24) is 0 Å². The summed E-state index contributed by atoms with van der Waals surface area (Å²) >= 11 is 3.80. The average molecular weight is 710 g/mol. The van der Waals surface area contributed by atoms with Crippen molar-refractivity contribution < 1.29 is 26.6 Å². The summed E-state index contributed by atoms with van der Waals surface area (Å²) < 4.78 is 44.7. The minimum Gasteiger partial charge on any atom is -0.457 e. The van der Waals surface area contributed by atoms with Gasteiger partial charge in [0.15, 0.2) is 0 Å². The number of benzene rings is 4. The molecular formula is C36H41BrO6SSi. The fraction of sp³-hybridized carbons (Fsp3) is 0.306. The summed E-state index contributed by atoms with van der Waals surface area (Å²) in [5, 5.41) is 2.00. The zero-order chi connectivity index (χ0) is 32.7. The number of halogens is 1. The monoisotopic (exact) mass is 708 g/mol. The summed E-state index contributed by atoms with van der Waals surface area (Å²) in [6.45, 7) is 10.3. The predicted octanol–water partition coefficient (Wildman–Crippen LogP) is 6.90. The Balaban J connectivity index is 1.63. The van der Waals surface area contributed by atoms with Crippen LogP contribution in [-0.2, 0) is 23.5 Å². The van der Waals surface area contributed by atoms with Gasteiger partial charge in [0.1, 0.15) is 6.10 Å². The molecule has 4 aromatic carbocycles. The van der Waals surface area contributed by atoms with Crippen molar-refractivity contribution in [2.24, 2.45) is 5.92 Å². The van der Waals surface area contributed by atoms with Gasteiger partial charge in [-0.2, -0.15) is 8.42 Å². The zero-order valence-corrected chi connectivity index (χ0v) is 29.8. The molecule has 9 heteroatoms. The number of aryl methyl sites for hydroxylation is 1. The van der Waals surface area contributed by atoms with Crippen LogP contribution < -0.4 is 10.4 Å².